The highest BCUT2D eigenvalue weighted by atomic mass is 15.4. The zero-order valence-corrected chi connectivity index (χ0v) is 7.60. The number of nitrogens with two attached hydrogens (primary N) is 1. The standard InChI is InChI=1S/C8H18N2/c1-6-7(10(5)9)8(2,3)4/h6H,9H2,1-5H3/b7-6-. The zero-order chi connectivity index (χ0) is 8.36. The molecule has 0 saturated carbocycles. The van der Waals surface area contributed by atoms with Crippen LogP contribution in [0.5, 0.6) is 0 Å². The summed E-state index contributed by atoms with van der Waals surface area (Å²) in [5.41, 5.74) is 1.31. The van der Waals surface area contributed by atoms with E-state index in [1.54, 1.807) is 5.01 Å². The summed E-state index contributed by atoms with van der Waals surface area (Å²) in [5, 5.41) is 1.67. The van der Waals surface area contributed by atoms with E-state index in [-0.39, 0.29) is 5.41 Å². The van der Waals surface area contributed by atoms with Gasteiger partial charge in [-0.15, -0.1) is 0 Å². The Kier molecular flexibility index (Phi) is 2.91. The Bertz CT molecular complexity index is 129. The van der Waals surface area contributed by atoms with Crippen molar-refractivity contribution >= 4 is 0 Å². The monoisotopic (exact) mass is 142 g/mol. The lowest BCUT2D eigenvalue weighted by atomic mass is 9.91. The fourth-order valence-electron chi connectivity index (χ4n) is 1.17. The number of rotatable bonds is 1. The third kappa shape index (κ3) is 2.40. The molecule has 0 saturated heterocycles. The van der Waals surface area contributed by atoms with E-state index in [2.05, 4.69) is 20.8 Å². The summed E-state index contributed by atoms with van der Waals surface area (Å²) < 4.78 is 0. The van der Waals surface area contributed by atoms with Crippen LogP contribution in [0.25, 0.3) is 0 Å². The highest BCUT2D eigenvalue weighted by Gasteiger charge is 2.17. The van der Waals surface area contributed by atoms with E-state index >= 15 is 0 Å². The molecule has 0 bridgehead atoms. The molecule has 10 heavy (non-hydrogen) atoms. The number of nitrogens with zero attached hydrogens (tertiary/aromatic N) is 1. The molecule has 0 amide bonds. The maximum absolute atomic E-state index is 5.60. The third-order valence-corrected chi connectivity index (χ3v) is 1.42. The molecular formula is C8H18N2. The largest absolute Gasteiger partial charge is 0.318 e. The lowest BCUT2D eigenvalue weighted by Gasteiger charge is -2.28. The van der Waals surface area contributed by atoms with Gasteiger partial charge >= 0.3 is 0 Å². The molecule has 0 aromatic heterocycles. The molecule has 0 spiro atoms. The van der Waals surface area contributed by atoms with Gasteiger partial charge in [0.2, 0.25) is 0 Å². The molecule has 0 atom stereocenters. The Balaban J connectivity index is 4.40. The molecule has 0 aromatic carbocycles. The molecule has 60 valence electrons. The molecule has 0 aliphatic carbocycles. The second-order valence-electron chi connectivity index (χ2n) is 3.53. The molecule has 0 radical (unpaired) electrons. The van der Waals surface area contributed by atoms with Gasteiger partial charge in [0.25, 0.3) is 0 Å². The Labute approximate surface area is 63.7 Å². The Morgan fingerprint density at radius 1 is 1.40 bits per heavy atom. The van der Waals surface area contributed by atoms with Gasteiger partial charge in [0, 0.05) is 18.2 Å². The Morgan fingerprint density at radius 2 is 1.80 bits per heavy atom. The quantitative estimate of drug-likeness (QED) is 0.446. The summed E-state index contributed by atoms with van der Waals surface area (Å²) in [4.78, 5) is 0. The first-order valence-electron chi connectivity index (χ1n) is 3.55. The third-order valence-electron chi connectivity index (χ3n) is 1.42. The maximum atomic E-state index is 5.60. The lowest BCUT2D eigenvalue weighted by Crippen LogP contribution is -2.32. The normalized spacial score (nSPS) is 13.6. The minimum absolute atomic E-state index is 0.151. The highest BCUT2D eigenvalue weighted by molar-refractivity contribution is 5.06. The Hall–Kier alpha value is -0.500. The summed E-state index contributed by atoms with van der Waals surface area (Å²) in [6.07, 6.45) is 2.04. The van der Waals surface area contributed by atoms with Gasteiger partial charge in [0.05, 0.1) is 0 Å². The minimum atomic E-state index is 0.151. The van der Waals surface area contributed by atoms with Crippen molar-refractivity contribution in [1.29, 1.82) is 0 Å². The van der Waals surface area contributed by atoms with E-state index < -0.39 is 0 Å². The van der Waals surface area contributed by atoms with Crippen molar-refractivity contribution in [1.82, 2.24) is 5.01 Å². The van der Waals surface area contributed by atoms with Gasteiger partial charge in [-0.05, 0) is 6.92 Å². The molecule has 0 aliphatic heterocycles. The molecule has 0 aromatic rings. The Morgan fingerprint density at radius 3 is 1.80 bits per heavy atom. The van der Waals surface area contributed by atoms with Crippen molar-refractivity contribution in [3.8, 4) is 0 Å². The maximum Gasteiger partial charge on any atom is 0.0298 e. The van der Waals surface area contributed by atoms with E-state index in [0.29, 0.717) is 0 Å². The molecule has 0 heterocycles. The number of hydrogen-bond acceptors (Lipinski definition) is 2. The van der Waals surface area contributed by atoms with Gasteiger partial charge in [0.15, 0.2) is 0 Å². The minimum Gasteiger partial charge on any atom is -0.318 e. The lowest BCUT2D eigenvalue weighted by molar-refractivity contribution is 0.318. The number of hydrazine groups is 1. The first-order chi connectivity index (χ1) is 4.39. The fourth-order valence-corrected chi connectivity index (χ4v) is 1.17. The topological polar surface area (TPSA) is 29.3 Å². The van der Waals surface area contributed by atoms with Crippen molar-refractivity contribution in [2.24, 2.45) is 11.3 Å². The first-order valence-corrected chi connectivity index (χ1v) is 3.55. The molecule has 2 heteroatoms. The van der Waals surface area contributed by atoms with Crippen molar-refractivity contribution in [3.63, 3.8) is 0 Å². The van der Waals surface area contributed by atoms with E-state index in [4.69, 9.17) is 5.84 Å². The smallest absolute Gasteiger partial charge is 0.0298 e. The van der Waals surface area contributed by atoms with E-state index in [1.165, 1.54) is 0 Å². The summed E-state index contributed by atoms with van der Waals surface area (Å²) in [6, 6.07) is 0. The molecule has 0 unspecified atom stereocenters. The van der Waals surface area contributed by atoms with Crippen LogP contribution >= 0.6 is 0 Å². The van der Waals surface area contributed by atoms with Crippen LogP contribution in [0.1, 0.15) is 27.7 Å². The summed E-state index contributed by atoms with van der Waals surface area (Å²) >= 11 is 0. The second-order valence-corrected chi connectivity index (χ2v) is 3.53. The van der Waals surface area contributed by atoms with Crippen LogP contribution in [0.3, 0.4) is 0 Å². The van der Waals surface area contributed by atoms with Crippen LogP contribution < -0.4 is 5.84 Å². The SMILES string of the molecule is C/C=C(\N(C)N)C(C)(C)C. The van der Waals surface area contributed by atoms with Crippen LogP contribution in [-0.4, -0.2) is 12.1 Å². The van der Waals surface area contributed by atoms with Gasteiger partial charge in [-0.25, -0.2) is 5.84 Å². The van der Waals surface area contributed by atoms with E-state index in [1.807, 2.05) is 20.0 Å². The summed E-state index contributed by atoms with van der Waals surface area (Å²) in [6.45, 7) is 8.44. The van der Waals surface area contributed by atoms with Gasteiger partial charge in [-0.1, -0.05) is 26.8 Å². The molecule has 2 nitrogen and oxygen atoms in total. The van der Waals surface area contributed by atoms with Crippen LogP contribution in [0.4, 0.5) is 0 Å². The number of allylic oxidation sites excluding steroid dienone is 2. The fraction of sp³-hybridized carbons (Fsp3) is 0.750. The van der Waals surface area contributed by atoms with E-state index in [0.717, 1.165) is 5.70 Å². The number of hydrogen-bond donors (Lipinski definition) is 1. The van der Waals surface area contributed by atoms with Gasteiger partial charge < -0.3 is 5.01 Å². The first kappa shape index (κ1) is 9.50. The van der Waals surface area contributed by atoms with Crippen molar-refractivity contribution in [2.75, 3.05) is 7.05 Å². The zero-order valence-electron chi connectivity index (χ0n) is 7.60. The predicted molar refractivity (Wildman–Crippen MR) is 45.2 cm³/mol. The summed E-state index contributed by atoms with van der Waals surface area (Å²) in [5.74, 6) is 5.60. The molecule has 2 N–H and O–H groups in total. The van der Waals surface area contributed by atoms with Crippen molar-refractivity contribution < 1.29 is 0 Å². The molecule has 0 rings (SSSR count). The van der Waals surface area contributed by atoms with Gasteiger partial charge in [-0.3, -0.25) is 0 Å². The van der Waals surface area contributed by atoms with Crippen molar-refractivity contribution in [3.05, 3.63) is 11.8 Å². The predicted octanol–water partition coefficient (Wildman–Crippen LogP) is 1.74. The second kappa shape index (κ2) is 3.06. The average molecular weight is 142 g/mol. The van der Waals surface area contributed by atoms with Gasteiger partial charge in [0.1, 0.15) is 0 Å². The van der Waals surface area contributed by atoms with Crippen LogP contribution in [0, 0.1) is 5.41 Å². The molecule has 0 aliphatic rings. The highest BCUT2D eigenvalue weighted by Crippen LogP contribution is 2.25. The van der Waals surface area contributed by atoms with Crippen LogP contribution in [0.15, 0.2) is 11.8 Å². The van der Waals surface area contributed by atoms with Crippen LogP contribution in [0.2, 0.25) is 0 Å². The molecular weight excluding hydrogens is 124 g/mol. The van der Waals surface area contributed by atoms with Crippen LogP contribution in [-0.2, 0) is 0 Å². The van der Waals surface area contributed by atoms with E-state index in [9.17, 15) is 0 Å². The van der Waals surface area contributed by atoms with Crippen molar-refractivity contribution in [2.45, 2.75) is 27.7 Å². The summed E-state index contributed by atoms with van der Waals surface area (Å²) in [7, 11) is 1.86. The van der Waals surface area contributed by atoms with Gasteiger partial charge in [-0.2, -0.15) is 0 Å². The molecule has 0 fully saturated rings. The average Bonchev–Trinajstić information content (AvgIpc) is 1.60.